The van der Waals surface area contributed by atoms with Crippen LogP contribution in [0.1, 0.15) is 78.2 Å². The molecule has 21 nitrogen and oxygen atoms in total. The van der Waals surface area contributed by atoms with Gasteiger partial charge in [-0.3, -0.25) is 19.2 Å². The summed E-state index contributed by atoms with van der Waals surface area (Å²) < 4.78 is 41.4. The van der Waals surface area contributed by atoms with Crippen LogP contribution >= 0.6 is 36.0 Å². The maximum Gasteiger partial charge on any atom is 0.410 e. The summed E-state index contributed by atoms with van der Waals surface area (Å²) in [4.78, 5) is 84.9. The maximum absolute atomic E-state index is 14.4. The first-order valence-electron chi connectivity index (χ1n) is 25.9. The number of fused-ring (bicyclic) bond motifs is 5. The summed E-state index contributed by atoms with van der Waals surface area (Å²) in [6, 6.07) is 2.42. The quantitative estimate of drug-likeness (QED) is 0.0460. The number of rotatable bonds is 17. The molecule has 4 bridgehead atoms. The molecule has 1 aromatic carbocycles. The Balaban J connectivity index is 1.18. The number of hydrogen-bond donors (Lipinski definition) is 5. The number of halogens is 1. The van der Waals surface area contributed by atoms with Gasteiger partial charge in [0.15, 0.2) is 5.72 Å². The molecule has 3 heterocycles. The highest BCUT2D eigenvalue weighted by atomic mass is 35.5. The first-order valence-corrected chi connectivity index (χ1v) is 27.9. The summed E-state index contributed by atoms with van der Waals surface area (Å²) in [5.74, 6) is -1.86. The Morgan fingerprint density at radius 1 is 1.09 bits per heavy atom. The summed E-state index contributed by atoms with van der Waals surface area (Å²) in [5, 5.41) is 28.1. The molecular formula is C53H79ClN6O15S2. The third kappa shape index (κ3) is 17.5. The molecule has 1 aliphatic carbocycles. The van der Waals surface area contributed by atoms with Crippen LogP contribution < -0.4 is 20.3 Å². The number of thioether (sulfide) groups is 1. The van der Waals surface area contributed by atoms with E-state index in [0.29, 0.717) is 43.9 Å². The average molecular weight is 1140 g/mol. The lowest BCUT2D eigenvalue weighted by molar-refractivity contribution is -0.271. The van der Waals surface area contributed by atoms with Crippen LogP contribution in [0.25, 0.3) is 0 Å². The van der Waals surface area contributed by atoms with Gasteiger partial charge < -0.3 is 68.3 Å². The first kappa shape index (κ1) is 63.4. The molecule has 77 heavy (non-hydrogen) atoms. The van der Waals surface area contributed by atoms with E-state index in [1.807, 2.05) is 32.1 Å². The van der Waals surface area contributed by atoms with Crippen molar-refractivity contribution in [3.63, 3.8) is 0 Å². The minimum Gasteiger partial charge on any atom is -0.495 e. The second-order valence-electron chi connectivity index (χ2n) is 20.2. The van der Waals surface area contributed by atoms with E-state index in [1.165, 1.54) is 47.8 Å². The summed E-state index contributed by atoms with van der Waals surface area (Å²) >= 11 is 11.7. The minimum absolute atomic E-state index is 0.0000694. The zero-order chi connectivity index (χ0) is 56.8. The number of benzene rings is 1. The fourth-order valence-corrected chi connectivity index (χ4v) is 10.6. The van der Waals surface area contributed by atoms with Gasteiger partial charge in [-0.15, -0.1) is 0 Å². The number of allylic oxidation sites excluding steroid dienone is 3. The van der Waals surface area contributed by atoms with Crippen molar-refractivity contribution in [3.8, 4) is 5.75 Å². The number of carbonyl (C=O) groups is 6. The highest BCUT2D eigenvalue weighted by molar-refractivity contribution is 8.13. The van der Waals surface area contributed by atoms with Gasteiger partial charge >= 0.3 is 12.1 Å². The summed E-state index contributed by atoms with van der Waals surface area (Å²) in [6.07, 6.45) is 5.67. The van der Waals surface area contributed by atoms with Crippen LogP contribution in [0.4, 0.5) is 15.3 Å². The van der Waals surface area contributed by atoms with Crippen LogP contribution in [0, 0.1) is 5.92 Å². The number of methoxy groups -OCH3 is 2. The molecule has 0 aromatic heterocycles. The second kappa shape index (κ2) is 29.2. The number of carbonyl (C=O) groups excluding carboxylic acids is 6. The molecule has 3 aliphatic heterocycles. The molecule has 2 saturated heterocycles. The Labute approximate surface area is 467 Å². The lowest BCUT2D eigenvalue weighted by atomic mass is 9.83. The molecule has 430 valence electrons. The number of likely N-dealkylation sites (N-methyl/N-ethyl adjacent to an activating group) is 3. The molecule has 2 fully saturated rings. The van der Waals surface area contributed by atoms with Gasteiger partial charge in [-0.2, -0.15) is 12.6 Å². The Bertz CT molecular complexity index is 2330. The van der Waals surface area contributed by atoms with Gasteiger partial charge in [0, 0.05) is 79.4 Å². The topological polar surface area (TPSA) is 248 Å². The van der Waals surface area contributed by atoms with Crippen LogP contribution in [0.3, 0.4) is 0 Å². The van der Waals surface area contributed by atoms with Crippen molar-refractivity contribution in [2.45, 2.75) is 139 Å². The fourth-order valence-electron chi connectivity index (χ4n) is 9.41. The number of epoxide rings is 1. The van der Waals surface area contributed by atoms with E-state index in [-0.39, 0.29) is 66.1 Å². The SMILES string of the molecule is COc1cc2cc(c1Cl)N(C)C(=O)C[C@H](OC(=O)[C@H](C)N(C)C(=O)CCSC(=O)N(C)CCN(C)C(=O)OC1/C=C/CC(OCCNC(=O)CS)CCC1)[C@]1(C)O[C@H]1[C@H](C)[C@@H]1C[C@@](O)(NC(O)O1)[C@H](OC)/C=C/C=C(\C)C2. The molecule has 0 radical (unpaired) electrons. The smallest absolute Gasteiger partial charge is 0.410 e. The van der Waals surface area contributed by atoms with E-state index in [9.17, 15) is 39.0 Å². The third-order valence-electron chi connectivity index (χ3n) is 14.5. The van der Waals surface area contributed by atoms with Gasteiger partial charge in [0.05, 0.1) is 49.9 Å². The molecule has 4 N–H and O–H groups in total. The normalized spacial score (nSPS) is 29.7. The number of nitrogens with zero attached hydrogens (tertiary/aromatic N) is 4. The van der Waals surface area contributed by atoms with E-state index in [2.05, 4.69) is 23.3 Å². The number of hydrogen-bond acceptors (Lipinski definition) is 18. The van der Waals surface area contributed by atoms with Crippen molar-refractivity contribution >= 4 is 76.7 Å². The molecule has 1 aromatic rings. The number of anilines is 1. The molecule has 0 saturated carbocycles. The number of nitrogens with one attached hydrogen (secondary N) is 2. The number of aliphatic hydroxyl groups excluding tert-OH is 1. The molecule has 5 amide bonds. The Kier molecular flexibility index (Phi) is 24.0. The molecule has 0 spiro atoms. The maximum atomic E-state index is 14.4. The second-order valence-corrected chi connectivity index (χ2v) is 22.0. The number of esters is 1. The highest BCUT2D eigenvalue weighted by Crippen LogP contribution is 2.49. The number of thiol groups is 1. The molecule has 24 heteroatoms. The van der Waals surface area contributed by atoms with Gasteiger partial charge in [-0.05, 0) is 76.6 Å². The Morgan fingerprint density at radius 2 is 1.82 bits per heavy atom. The first-order chi connectivity index (χ1) is 36.4. The van der Waals surface area contributed by atoms with Crippen molar-refractivity contribution in [1.29, 1.82) is 0 Å². The average Bonchev–Trinajstić information content (AvgIpc) is 4.19. The van der Waals surface area contributed by atoms with Crippen LogP contribution in [-0.4, -0.2) is 200 Å². The minimum atomic E-state index is -1.78. The van der Waals surface area contributed by atoms with Crippen molar-refractivity contribution in [1.82, 2.24) is 25.3 Å². The van der Waals surface area contributed by atoms with E-state index < -0.39 is 84.1 Å². The van der Waals surface area contributed by atoms with Crippen LogP contribution in [0.5, 0.6) is 5.75 Å². The van der Waals surface area contributed by atoms with Crippen molar-refractivity contribution < 1.29 is 72.1 Å². The summed E-state index contributed by atoms with van der Waals surface area (Å²) in [7, 11) is 9.11. The van der Waals surface area contributed by atoms with E-state index in [4.69, 9.17) is 44.8 Å². The van der Waals surface area contributed by atoms with Crippen molar-refractivity contribution in [2.75, 3.05) is 85.1 Å². The lowest BCUT2D eigenvalue weighted by Gasteiger charge is -2.44. The van der Waals surface area contributed by atoms with Gasteiger partial charge in [-0.1, -0.05) is 60.2 Å². The van der Waals surface area contributed by atoms with E-state index in [1.54, 1.807) is 52.4 Å². The van der Waals surface area contributed by atoms with Gasteiger partial charge in [0.1, 0.15) is 40.7 Å². The van der Waals surface area contributed by atoms with Crippen molar-refractivity contribution in [2.24, 2.45) is 5.92 Å². The molecular weight excluding hydrogens is 1060 g/mol. The summed E-state index contributed by atoms with van der Waals surface area (Å²) in [5.41, 5.74) is -1.01. The van der Waals surface area contributed by atoms with Crippen LogP contribution in [0.15, 0.2) is 48.1 Å². The molecule has 4 aliphatic rings. The number of aliphatic hydroxyl groups is 2. The van der Waals surface area contributed by atoms with E-state index in [0.717, 1.165) is 35.7 Å². The zero-order valence-electron chi connectivity index (χ0n) is 45.9. The summed E-state index contributed by atoms with van der Waals surface area (Å²) in [6.45, 7) is 8.14. The van der Waals surface area contributed by atoms with Gasteiger partial charge in [0.2, 0.25) is 24.1 Å². The molecule has 5 rings (SSSR count). The van der Waals surface area contributed by atoms with E-state index >= 15 is 0 Å². The van der Waals surface area contributed by atoms with Crippen LogP contribution in [-0.2, 0) is 54.0 Å². The van der Waals surface area contributed by atoms with Crippen LogP contribution in [0.2, 0.25) is 5.02 Å². The molecule has 11 atom stereocenters. The predicted octanol–water partition coefficient (Wildman–Crippen LogP) is 4.84. The van der Waals surface area contributed by atoms with Crippen molar-refractivity contribution in [3.05, 3.63) is 58.7 Å². The predicted molar refractivity (Wildman–Crippen MR) is 294 cm³/mol. The fraction of sp³-hybridized carbons (Fsp3) is 0.660. The molecule has 3 unspecified atom stereocenters. The standard InChI is InChI=1S/C53H79ClN6O15S2/c1-32-14-11-19-41(70-10)53(68)30-40(73-49(65)56-53)33(2)47-52(4,75-47)42(29-45(63)60(8)38-27-35(26-32)28-39(69-9)46(38)54)74-48(64)34(3)59(7)44(62)20-25-77-51(67)58(6)23-22-57(5)50(66)72-37-17-12-15-36(16-13-18-37)71-24-21-55-43(61)31-76/h11-12,14,17,19,27-28,33-34,36-37,40-42,47,49,56,65,68,76H,13,15-16,18,20-26,29-31H2,1-10H3,(H,55,61)/b17-12+,19-11+,32-14+/t33-,34+,36?,37?,40+,41-,42+,47+,49?,52+,53+/m1/s1. The zero-order valence-corrected chi connectivity index (χ0v) is 48.3. The largest absolute Gasteiger partial charge is 0.495 e. The monoisotopic (exact) mass is 1140 g/mol. The number of amides is 5. The highest BCUT2D eigenvalue weighted by Gasteiger charge is 2.64. The number of ether oxygens (including phenoxy) is 7. The lowest BCUT2D eigenvalue weighted by Crippen LogP contribution is -2.65. The third-order valence-corrected chi connectivity index (χ3v) is 16.1. The Hall–Kier alpha value is -4.43. The Morgan fingerprint density at radius 3 is 2.52 bits per heavy atom. The van der Waals surface area contributed by atoms with Gasteiger partial charge in [-0.25, -0.2) is 14.9 Å². The van der Waals surface area contributed by atoms with Gasteiger partial charge in [0.25, 0.3) is 5.24 Å².